The first-order valence-electron chi connectivity index (χ1n) is 6.62. The van der Waals surface area contributed by atoms with Gasteiger partial charge in [0.05, 0.1) is 18.2 Å². The number of imidazole rings is 1. The molecule has 3 heterocycles. The number of hydrogen-bond donors (Lipinski definition) is 1. The quantitative estimate of drug-likeness (QED) is 0.910. The Hall–Kier alpha value is -1.88. The van der Waals surface area contributed by atoms with Crippen molar-refractivity contribution in [1.29, 1.82) is 0 Å². The molecule has 3 rings (SSSR count). The van der Waals surface area contributed by atoms with Crippen LogP contribution in [0.25, 0.3) is 11.3 Å². The third-order valence-electron chi connectivity index (χ3n) is 3.65. The molecule has 2 aromatic rings. The van der Waals surface area contributed by atoms with Gasteiger partial charge in [0.2, 0.25) is 0 Å². The molecule has 1 aliphatic heterocycles. The molecule has 1 aliphatic rings. The maximum Gasteiger partial charge on any atom is 0.0950 e. The van der Waals surface area contributed by atoms with Crippen LogP contribution in [0.1, 0.15) is 12.8 Å². The zero-order valence-corrected chi connectivity index (χ0v) is 10.8. The van der Waals surface area contributed by atoms with Crippen molar-refractivity contribution in [3.05, 3.63) is 31.0 Å². The molecule has 5 nitrogen and oxygen atoms in total. The zero-order valence-electron chi connectivity index (χ0n) is 10.8. The first kappa shape index (κ1) is 12.2. The molecule has 1 unspecified atom stereocenters. The third-order valence-corrected chi connectivity index (χ3v) is 3.65. The molecule has 1 atom stereocenters. The molecule has 5 heteroatoms. The number of nitrogen functional groups attached to an aromatic ring is 1. The predicted octanol–water partition coefficient (Wildman–Crippen LogP) is 1.95. The minimum absolute atomic E-state index is 0.668. The summed E-state index contributed by atoms with van der Waals surface area (Å²) in [6.07, 6.45) is 9.48. The lowest BCUT2D eigenvalue weighted by atomic mass is 10.1. The fraction of sp³-hybridized carbons (Fsp3) is 0.429. The summed E-state index contributed by atoms with van der Waals surface area (Å²) in [5.74, 6) is 0.668. The van der Waals surface area contributed by atoms with E-state index in [1.54, 1.807) is 12.4 Å². The monoisotopic (exact) mass is 258 g/mol. The number of rotatable bonds is 4. The Bertz CT molecular complexity index is 546. The predicted molar refractivity (Wildman–Crippen MR) is 73.4 cm³/mol. The minimum Gasteiger partial charge on any atom is -0.398 e. The highest BCUT2D eigenvalue weighted by Gasteiger charge is 2.16. The van der Waals surface area contributed by atoms with Crippen LogP contribution in [0.5, 0.6) is 0 Å². The first-order chi connectivity index (χ1) is 9.34. The molecule has 0 aliphatic carbocycles. The maximum absolute atomic E-state index is 6.00. The Morgan fingerprint density at radius 3 is 3.11 bits per heavy atom. The van der Waals surface area contributed by atoms with Crippen molar-refractivity contribution in [2.45, 2.75) is 19.4 Å². The lowest BCUT2D eigenvalue weighted by molar-refractivity contribution is 0.183. The summed E-state index contributed by atoms with van der Waals surface area (Å²) in [5, 5.41) is 0. The van der Waals surface area contributed by atoms with Gasteiger partial charge >= 0.3 is 0 Å². The molecule has 100 valence electrons. The van der Waals surface area contributed by atoms with E-state index >= 15 is 0 Å². The van der Waals surface area contributed by atoms with Crippen LogP contribution < -0.4 is 5.73 Å². The van der Waals surface area contributed by atoms with Crippen LogP contribution in [-0.4, -0.2) is 27.7 Å². The molecule has 0 radical (unpaired) electrons. The van der Waals surface area contributed by atoms with E-state index in [2.05, 4.69) is 14.5 Å². The van der Waals surface area contributed by atoms with Crippen molar-refractivity contribution in [2.75, 3.05) is 18.9 Å². The normalized spacial score (nSPS) is 18.8. The molecule has 0 saturated carbocycles. The number of nitrogens with zero attached hydrogens (tertiary/aromatic N) is 3. The lowest BCUT2D eigenvalue weighted by Gasteiger charge is -2.12. The van der Waals surface area contributed by atoms with Crippen molar-refractivity contribution in [3.8, 4) is 11.3 Å². The smallest absolute Gasteiger partial charge is 0.0950 e. The van der Waals surface area contributed by atoms with E-state index in [0.717, 1.165) is 43.1 Å². The standard InChI is InChI=1S/C14H18N4O/c15-13-1-4-16-7-12(13)14-8-17-10-18(14)5-2-11-3-6-19-9-11/h1,4,7-8,10-11H,2-3,5-6,9H2,(H2,15,16). The van der Waals surface area contributed by atoms with E-state index in [-0.39, 0.29) is 0 Å². The van der Waals surface area contributed by atoms with Gasteiger partial charge in [-0.3, -0.25) is 4.98 Å². The molecule has 0 aromatic carbocycles. The molecule has 0 amide bonds. The SMILES string of the molecule is Nc1ccncc1-c1cncn1CCC1CCOC1. The number of hydrogen-bond acceptors (Lipinski definition) is 4. The number of nitrogens with two attached hydrogens (primary N) is 1. The van der Waals surface area contributed by atoms with Gasteiger partial charge in [0, 0.05) is 43.4 Å². The largest absolute Gasteiger partial charge is 0.398 e. The Morgan fingerprint density at radius 1 is 1.37 bits per heavy atom. The Morgan fingerprint density at radius 2 is 2.32 bits per heavy atom. The average molecular weight is 258 g/mol. The van der Waals surface area contributed by atoms with Gasteiger partial charge in [0.1, 0.15) is 0 Å². The second-order valence-electron chi connectivity index (χ2n) is 4.95. The fourth-order valence-corrected chi connectivity index (χ4v) is 2.48. The van der Waals surface area contributed by atoms with Crippen LogP contribution in [-0.2, 0) is 11.3 Å². The van der Waals surface area contributed by atoms with Crippen LogP contribution in [0, 0.1) is 5.92 Å². The fourth-order valence-electron chi connectivity index (χ4n) is 2.48. The minimum atomic E-state index is 0.668. The molecular weight excluding hydrogens is 240 g/mol. The van der Waals surface area contributed by atoms with Gasteiger partial charge in [-0.2, -0.15) is 0 Å². The van der Waals surface area contributed by atoms with Gasteiger partial charge in [-0.15, -0.1) is 0 Å². The summed E-state index contributed by atoms with van der Waals surface area (Å²) < 4.78 is 7.55. The highest BCUT2D eigenvalue weighted by Crippen LogP contribution is 2.25. The number of anilines is 1. The molecule has 0 bridgehead atoms. The Balaban J connectivity index is 1.76. The number of aryl methyl sites for hydroxylation is 1. The number of ether oxygens (including phenoxy) is 1. The van der Waals surface area contributed by atoms with Crippen LogP contribution in [0.3, 0.4) is 0 Å². The van der Waals surface area contributed by atoms with Crippen LogP contribution >= 0.6 is 0 Å². The maximum atomic E-state index is 6.00. The van der Waals surface area contributed by atoms with Crippen molar-refractivity contribution in [2.24, 2.45) is 5.92 Å². The molecule has 1 saturated heterocycles. The van der Waals surface area contributed by atoms with Crippen LogP contribution in [0.2, 0.25) is 0 Å². The van der Waals surface area contributed by atoms with Gasteiger partial charge in [0.25, 0.3) is 0 Å². The summed E-state index contributed by atoms with van der Waals surface area (Å²) in [4.78, 5) is 8.37. The van der Waals surface area contributed by atoms with Gasteiger partial charge in [-0.25, -0.2) is 4.98 Å². The van der Waals surface area contributed by atoms with E-state index < -0.39 is 0 Å². The number of pyridine rings is 1. The van der Waals surface area contributed by atoms with E-state index in [4.69, 9.17) is 10.5 Å². The average Bonchev–Trinajstić information content (AvgIpc) is 3.08. The van der Waals surface area contributed by atoms with Gasteiger partial charge in [-0.05, 0) is 24.8 Å². The highest BCUT2D eigenvalue weighted by atomic mass is 16.5. The first-order valence-corrected chi connectivity index (χ1v) is 6.62. The van der Waals surface area contributed by atoms with E-state index in [1.807, 2.05) is 18.6 Å². The molecule has 19 heavy (non-hydrogen) atoms. The second kappa shape index (κ2) is 5.40. The van der Waals surface area contributed by atoms with E-state index in [0.29, 0.717) is 5.92 Å². The highest BCUT2D eigenvalue weighted by molar-refractivity contribution is 5.72. The summed E-state index contributed by atoms with van der Waals surface area (Å²) in [6, 6.07) is 1.82. The Labute approximate surface area is 112 Å². The zero-order chi connectivity index (χ0) is 13.1. The van der Waals surface area contributed by atoms with E-state index in [9.17, 15) is 0 Å². The van der Waals surface area contributed by atoms with E-state index in [1.165, 1.54) is 6.42 Å². The molecule has 1 fully saturated rings. The van der Waals surface area contributed by atoms with Crippen molar-refractivity contribution in [1.82, 2.24) is 14.5 Å². The Kier molecular flexibility index (Phi) is 3.46. The van der Waals surface area contributed by atoms with Gasteiger partial charge in [-0.1, -0.05) is 0 Å². The summed E-state index contributed by atoms with van der Waals surface area (Å²) >= 11 is 0. The summed E-state index contributed by atoms with van der Waals surface area (Å²) in [5.41, 5.74) is 8.71. The van der Waals surface area contributed by atoms with Crippen molar-refractivity contribution >= 4 is 5.69 Å². The van der Waals surface area contributed by atoms with Crippen molar-refractivity contribution < 1.29 is 4.74 Å². The molecular formula is C14H18N4O. The van der Waals surface area contributed by atoms with Crippen LogP contribution in [0.4, 0.5) is 5.69 Å². The second-order valence-corrected chi connectivity index (χ2v) is 4.95. The molecule has 2 N–H and O–H groups in total. The van der Waals surface area contributed by atoms with Crippen molar-refractivity contribution in [3.63, 3.8) is 0 Å². The third kappa shape index (κ3) is 2.61. The summed E-state index contributed by atoms with van der Waals surface area (Å²) in [6.45, 7) is 2.73. The molecule has 2 aromatic heterocycles. The number of aromatic nitrogens is 3. The lowest BCUT2D eigenvalue weighted by Crippen LogP contribution is -2.07. The molecule has 0 spiro atoms. The topological polar surface area (TPSA) is 66.0 Å². The van der Waals surface area contributed by atoms with Crippen LogP contribution in [0.15, 0.2) is 31.0 Å². The van der Waals surface area contributed by atoms with Gasteiger partial charge in [0.15, 0.2) is 0 Å². The summed E-state index contributed by atoms with van der Waals surface area (Å²) in [7, 11) is 0. The van der Waals surface area contributed by atoms with Gasteiger partial charge < -0.3 is 15.0 Å².